The maximum Gasteiger partial charge on any atom is 0.420 e. The molecule has 0 aliphatic rings. The van der Waals surface area contributed by atoms with Gasteiger partial charge in [-0.2, -0.15) is 21.6 Å². The van der Waals surface area contributed by atoms with Gasteiger partial charge in [0, 0.05) is 11.1 Å². The zero-order valence-electron chi connectivity index (χ0n) is 11.5. The van der Waals surface area contributed by atoms with Crippen molar-refractivity contribution in [3.8, 4) is 5.75 Å². The molecule has 0 saturated heterocycles. The summed E-state index contributed by atoms with van der Waals surface area (Å²) in [7, 11) is -4.92. The summed E-state index contributed by atoms with van der Waals surface area (Å²) in [6, 6.07) is 6.20. The molecule has 0 fully saturated rings. The van der Waals surface area contributed by atoms with Crippen molar-refractivity contribution < 1.29 is 30.7 Å². The summed E-state index contributed by atoms with van der Waals surface area (Å²) in [5, 5.41) is 10.8. The summed E-state index contributed by atoms with van der Waals surface area (Å²) in [5.74, 6) is -1.00. The summed E-state index contributed by atoms with van der Waals surface area (Å²) in [4.78, 5) is 8.96. The van der Waals surface area contributed by atoms with Gasteiger partial charge in [0.2, 0.25) is 0 Å². The lowest BCUT2D eigenvalue weighted by Crippen LogP contribution is -2.15. The fourth-order valence-corrected chi connectivity index (χ4v) is 3.15. The Balaban J connectivity index is 2.56. The maximum absolute atomic E-state index is 12.9. The molecule has 2 aromatic carbocycles. The van der Waals surface area contributed by atoms with Crippen LogP contribution >= 0.6 is 11.6 Å². The monoisotopic (exact) mass is 381 g/mol. The van der Waals surface area contributed by atoms with E-state index >= 15 is 0 Å². The predicted molar refractivity (Wildman–Crippen MR) is 77.4 cm³/mol. The van der Waals surface area contributed by atoms with E-state index in [0.29, 0.717) is 6.07 Å². The Morgan fingerprint density at radius 1 is 1.12 bits per heavy atom. The molecule has 128 valence electrons. The Bertz CT molecular complexity index is 899. The number of nitro benzene ring substituents is 1. The number of halogens is 4. The zero-order valence-corrected chi connectivity index (χ0v) is 13.0. The van der Waals surface area contributed by atoms with Crippen LogP contribution in [0.5, 0.6) is 5.75 Å². The Morgan fingerprint density at radius 2 is 1.75 bits per heavy atom. The summed E-state index contributed by atoms with van der Waals surface area (Å²) in [5.41, 5.74) is -2.21. The number of para-hydroxylation sites is 1. The molecule has 11 heteroatoms. The number of benzene rings is 2. The zero-order chi connectivity index (χ0) is 18.1. The highest BCUT2D eigenvalue weighted by atomic mass is 35.5. The van der Waals surface area contributed by atoms with Gasteiger partial charge in [-0.3, -0.25) is 10.1 Å². The first kappa shape index (κ1) is 18.0. The van der Waals surface area contributed by atoms with Crippen molar-refractivity contribution in [3.63, 3.8) is 0 Å². The second kappa shape index (κ2) is 6.29. The molecule has 0 saturated carbocycles. The average molecular weight is 382 g/mol. The standard InChI is InChI=1S/C13H7ClF3NO5S/c14-8-5-6-10(18(19)20)12(7-8)24(21,22)23-11-4-2-1-3-9(11)13(15,16)17/h1-7H. The molecule has 24 heavy (non-hydrogen) atoms. The van der Waals surface area contributed by atoms with Gasteiger partial charge in [0.1, 0.15) is 0 Å². The van der Waals surface area contributed by atoms with Crippen molar-refractivity contribution >= 4 is 27.4 Å². The first-order chi connectivity index (χ1) is 11.0. The van der Waals surface area contributed by atoms with Crippen LogP contribution in [-0.4, -0.2) is 13.3 Å². The molecular formula is C13H7ClF3NO5S. The number of hydrogen-bond acceptors (Lipinski definition) is 5. The highest BCUT2D eigenvalue weighted by molar-refractivity contribution is 7.87. The number of nitrogens with zero attached hydrogens (tertiary/aromatic N) is 1. The molecule has 0 aromatic heterocycles. The van der Waals surface area contributed by atoms with Crippen molar-refractivity contribution in [1.29, 1.82) is 0 Å². The number of alkyl halides is 3. The van der Waals surface area contributed by atoms with E-state index in [1.807, 2.05) is 0 Å². The third-order valence-electron chi connectivity index (χ3n) is 2.78. The summed E-state index contributed by atoms with van der Waals surface area (Å²) < 4.78 is 67.6. The smallest absolute Gasteiger partial charge is 0.378 e. The van der Waals surface area contributed by atoms with E-state index in [2.05, 4.69) is 4.18 Å². The SMILES string of the molecule is O=[N+]([O-])c1ccc(Cl)cc1S(=O)(=O)Oc1ccccc1C(F)(F)F. The average Bonchev–Trinajstić information content (AvgIpc) is 2.45. The van der Waals surface area contributed by atoms with Gasteiger partial charge < -0.3 is 4.18 Å². The maximum atomic E-state index is 12.9. The minimum Gasteiger partial charge on any atom is -0.378 e. The lowest BCUT2D eigenvalue weighted by atomic mass is 10.2. The fourth-order valence-electron chi connectivity index (χ4n) is 1.78. The first-order valence-corrected chi connectivity index (χ1v) is 7.85. The topological polar surface area (TPSA) is 86.5 Å². The second-order valence-corrected chi connectivity index (χ2v) is 6.35. The Morgan fingerprint density at radius 3 is 2.33 bits per heavy atom. The molecule has 6 nitrogen and oxygen atoms in total. The van der Waals surface area contributed by atoms with Gasteiger partial charge in [0.05, 0.1) is 10.5 Å². The molecule has 0 amide bonds. The molecule has 2 rings (SSSR count). The van der Waals surface area contributed by atoms with E-state index in [9.17, 15) is 31.7 Å². The highest BCUT2D eigenvalue weighted by Crippen LogP contribution is 2.38. The molecule has 0 atom stereocenters. The quantitative estimate of drug-likeness (QED) is 0.453. The number of nitro groups is 1. The lowest BCUT2D eigenvalue weighted by molar-refractivity contribution is -0.387. The third-order valence-corrected chi connectivity index (χ3v) is 4.28. The molecule has 0 spiro atoms. The van der Waals surface area contributed by atoms with Crippen LogP contribution in [0, 0.1) is 10.1 Å². The van der Waals surface area contributed by atoms with Crippen molar-refractivity contribution in [2.24, 2.45) is 0 Å². The van der Waals surface area contributed by atoms with Gasteiger partial charge in [-0.15, -0.1) is 0 Å². The van der Waals surface area contributed by atoms with Gasteiger partial charge in [0.15, 0.2) is 10.6 Å². The van der Waals surface area contributed by atoms with Crippen LogP contribution in [0.2, 0.25) is 5.02 Å². The van der Waals surface area contributed by atoms with Crippen molar-refractivity contribution in [2.45, 2.75) is 11.1 Å². The molecule has 0 bridgehead atoms. The van der Waals surface area contributed by atoms with Crippen LogP contribution in [0.1, 0.15) is 5.56 Å². The van der Waals surface area contributed by atoms with Crippen LogP contribution in [-0.2, 0) is 16.3 Å². The largest absolute Gasteiger partial charge is 0.420 e. The van der Waals surface area contributed by atoms with Gasteiger partial charge in [0.25, 0.3) is 5.69 Å². The van der Waals surface area contributed by atoms with E-state index in [1.54, 1.807) is 0 Å². The predicted octanol–water partition coefficient (Wildman–Crippen LogP) is 4.03. The van der Waals surface area contributed by atoms with Crippen molar-refractivity contribution in [2.75, 3.05) is 0 Å². The Hall–Kier alpha value is -2.33. The number of rotatable bonds is 4. The van der Waals surface area contributed by atoms with E-state index in [4.69, 9.17) is 11.6 Å². The van der Waals surface area contributed by atoms with Gasteiger partial charge in [-0.1, -0.05) is 23.7 Å². The lowest BCUT2D eigenvalue weighted by Gasteiger charge is -2.13. The molecule has 0 heterocycles. The van der Waals surface area contributed by atoms with E-state index < -0.39 is 43.1 Å². The summed E-state index contributed by atoms with van der Waals surface area (Å²) in [6.07, 6.45) is -4.87. The first-order valence-electron chi connectivity index (χ1n) is 6.07. The van der Waals surface area contributed by atoms with Gasteiger partial charge in [-0.05, 0) is 24.3 Å². The molecule has 0 aliphatic carbocycles. The molecule has 0 radical (unpaired) electrons. The van der Waals surface area contributed by atoms with E-state index in [0.717, 1.165) is 36.4 Å². The van der Waals surface area contributed by atoms with Gasteiger partial charge in [-0.25, -0.2) is 0 Å². The van der Waals surface area contributed by atoms with Crippen LogP contribution < -0.4 is 4.18 Å². The minimum atomic E-state index is -4.92. The summed E-state index contributed by atoms with van der Waals surface area (Å²) >= 11 is 5.61. The fraction of sp³-hybridized carbons (Fsp3) is 0.0769. The normalized spacial score (nSPS) is 12.0. The van der Waals surface area contributed by atoms with Crippen LogP contribution in [0.4, 0.5) is 18.9 Å². The van der Waals surface area contributed by atoms with Crippen LogP contribution in [0.25, 0.3) is 0 Å². The van der Waals surface area contributed by atoms with E-state index in [-0.39, 0.29) is 5.02 Å². The van der Waals surface area contributed by atoms with Crippen LogP contribution in [0.3, 0.4) is 0 Å². The molecule has 0 N–H and O–H groups in total. The molecular weight excluding hydrogens is 375 g/mol. The molecule has 2 aromatic rings. The molecule has 0 unspecified atom stereocenters. The third kappa shape index (κ3) is 3.77. The Labute approximate surface area is 138 Å². The van der Waals surface area contributed by atoms with Crippen molar-refractivity contribution in [1.82, 2.24) is 0 Å². The number of hydrogen-bond donors (Lipinski definition) is 0. The van der Waals surface area contributed by atoms with Crippen molar-refractivity contribution in [3.05, 3.63) is 63.2 Å². The highest BCUT2D eigenvalue weighted by Gasteiger charge is 2.36. The molecule has 0 aliphatic heterocycles. The Kier molecular flexibility index (Phi) is 4.72. The summed E-state index contributed by atoms with van der Waals surface area (Å²) in [6.45, 7) is 0. The van der Waals surface area contributed by atoms with Gasteiger partial charge >= 0.3 is 16.3 Å². The second-order valence-electron chi connectivity index (χ2n) is 4.40. The van der Waals surface area contributed by atoms with E-state index in [1.165, 1.54) is 0 Å². The minimum absolute atomic E-state index is 0.160. The van der Waals surface area contributed by atoms with Crippen LogP contribution in [0.15, 0.2) is 47.4 Å².